The molecule has 0 spiro atoms. The molecule has 0 aliphatic heterocycles. The molecular weight excluding hydrogens is 394 g/mol. The van der Waals surface area contributed by atoms with Crippen LogP contribution in [0.15, 0.2) is 29.1 Å². The number of hydrogen-bond donors (Lipinski definition) is 2. The summed E-state index contributed by atoms with van der Waals surface area (Å²) in [6.45, 7) is 1.50. The van der Waals surface area contributed by atoms with E-state index in [-0.39, 0.29) is 23.0 Å². The maximum Gasteiger partial charge on any atom is 0.259 e. The number of hydrogen-bond acceptors (Lipinski definition) is 6. The number of aromatic amines is 1. The van der Waals surface area contributed by atoms with E-state index < -0.39 is 0 Å². The van der Waals surface area contributed by atoms with E-state index in [0.717, 1.165) is 29.5 Å². The summed E-state index contributed by atoms with van der Waals surface area (Å²) in [6.07, 6.45) is 3.11. The lowest BCUT2D eigenvalue weighted by Gasteiger charge is -2.06. The number of ketones is 1. The van der Waals surface area contributed by atoms with Crippen molar-refractivity contribution < 1.29 is 9.59 Å². The van der Waals surface area contributed by atoms with Gasteiger partial charge >= 0.3 is 0 Å². The summed E-state index contributed by atoms with van der Waals surface area (Å²) in [6, 6.07) is 6.80. The minimum Gasteiger partial charge on any atom is -0.325 e. The van der Waals surface area contributed by atoms with Gasteiger partial charge in [0.1, 0.15) is 10.7 Å². The van der Waals surface area contributed by atoms with Crippen LogP contribution in [0, 0.1) is 0 Å². The third kappa shape index (κ3) is 3.88. The van der Waals surface area contributed by atoms with Crippen molar-refractivity contribution in [3.05, 3.63) is 56.4 Å². The Kier molecular flexibility index (Phi) is 5.32. The first-order valence-electron chi connectivity index (χ1n) is 9.03. The van der Waals surface area contributed by atoms with Crippen molar-refractivity contribution >= 4 is 50.7 Å². The van der Waals surface area contributed by atoms with E-state index in [9.17, 15) is 14.4 Å². The smallest absolute Gasteiger partial charge is 0.259 e. The Bertz CT molecular complexity index is 1120. The minimum absolute atomic E-state index is 0.0112. The Balaban J connectivity index is 1.35. The molecule has 2 aromatic heterocycles. The minimum atomic E-state index is -0.140. The fraction of sp³-hybridized carbons (Fsp3) is 0.300. The number of thioether (sulfide) groups is 1. The molecule has 0 bridgehead atoms. The van der Waals surface area contributed by atoms with Crippen molar-refractivity contribution in [2.75, 3.05) is 11.1 Å². The number of Topliss-reactive ketones (excluding diaryl/α,β-unsaturated/α-hetero) is 1. The molecule has 1 amide bonds. The van der Waals surface area contributed by atoms with E-state index in [2.05, 4.69) is 15.3 Å². The van der Waals surface area contributed by atoms with Crippen LogP contribution in [0.5, 0.6) is 0 Å². The van der Waals surface area contributed by atoms with Gasteiger partial charge in [-0.05, 0) is 56.0 Å². The summed E-state index contributed by atoms with van der Waals surface area (Å²) in [5, 5.41) is 3.55. The lowest BCUT2D eigenvalue weighted by atomic mass is 10.1. The molecular formula is C20H19N3O3S2. The Morgan fingerprint density at radius 2 is 2.04 bits per heavy atom. The molecule has 0 saturated carbocycles. The van der Waals surface area contributed by atoms with Crippen LogP contribution in [0.25, 0.3) is 10.2 Å². The molecule has 1 aliphatic rings. The molecule has 0 saturated heterocycles. The van der Waals surface area contributed by atoms with Crippen molar-refractivity contribution in [2.24, 2.45) is 0 Å². The number of thiophene rings is 1. The highest BCUT2D eigenvalue weighted by molar-refractivity contribution is 7.99. The normalized spacial score (nSPS) is 12.9. The first kappa shape index (κ1) is 18.9. The molecule has 8 heteroatoms. The van der Waals surface area contributed by atoms with Crippen molar-refractivity contribution in [1.82, 2.24) is 9.97 Å². The number of benzene rings is 1. The van der Waals surface area contributed by atoms with Crippen molar-refractivity contribution in [3.8, 4) is 0 Å². The summed E-state index contributed by atoms with van der Waals surface area (Å²) >= 11 is 3.01. The number of rotatable bonds is 6. The summed E-state index contributed by atoms with van der Waals surface area (Å²) < 4.78 is 0. The number of fused-ring (bicyclic) bond motifs is 3. The number of aryl methyl sites for hydroxylation is 2. The van der Waals surface area contributed by atoms with E-state index in [4.69, 9.17) is 0 Å². The summed E-state index contributed by atoms with van der Waals surface area (Å²) in [4.78, 5) is 45.4. The maximum atomic E-state index is 12.4. The summed E-state index contributed by atoms with van der Waals surface area (Å²) in [7, 11) is 0. The van der Waals surface area contributed by atoms with Gasteiger partial charge in [-0.15, -0.1) is 23.1 Å². The largest absolute Gasteiger partial charge is 0.325 e. The van der Waals surface area contributed by atoms with Crippen LogP contribution >= 0.6 is 23.1 Å². The SMILES string of the molecule is CC(=O)c1ccc(NC(=O)CSCc2nc3sc4c(c3c(=O)[nH]2)CCC4)cc1. The van der Waals surface area contributed by atoms with Gasteiger partial charge in [0, 0.05) is 16.1 Å². The molecule has 1 aromatic carbocycles. The number of nitrogens with zero attached hydrogens (tertiary/aromatic N) is 1. The van der Waals surface area contributed by atoms with Gasteiger partial charge in [-0.3, -0.25) is 14.4 Å². The van der Waals surface area contributed by atoms with Crippen LogP contribution < -0.4 is 10.9 Å². The average molecular weight is 414 g/mol. The highest BCUT2D eigenvalue weighted by Gasteiger charge is 2.21. The van der Waals surface area contributed by atoms with Crippen LogP contribution in [0.2, 0.25) is 0 Å². The molecule has 4 rings (SSSR count). The first-order valence-corrected chi connectivity index (χ1v) is 11.0. The van der Waals surface area contributed by atoms with E-state index in [0.29, 0.717) is 22.8 Å². The predicted octanol–water partition coefficient (Wildman–Crippen LogP) is 3.55. The lowest BCUT2D eigenvalue weighted by Crippen LogP contribution is -2.15. The number of carbonyl (C=O) groups excluding carboxylic acids is 2. The quantitative estimate of drug-likeness (QED) is 0.603. The van der Waals surface area contributed by atoms with Gasteiger partial charge in [-0.25, -0.2) is 4.98 Å². The number of nitrogens with one attached hydrogen (secondary N) is 2. The van der Waals surface area contributed by atoms with Gasteiger partial charge in [-0.1, -0.05) is 0 Å². The van der Waals surface area contributed by atoms with Crippen LogP contribution in [0.3, 0.4) is 0 Å². The van der Waals surface area contributed by atoms with E-state index >= 15 is 0 Å². The van der Waals surface area contributed by atoms with Crippen molar-refractivity contribution in [3.63, 3.8) is 0 Å². The standard InChI is InChI=1S/C20H19N3O3S2/c1-11(24)12-5-7-13(8-6-12)21-17(25)10-27-9-16-22-19(26)18-14-3-2-4-15(14)28-20(18)23-16/h5-8H,2-4,9-10H2,1H3,(H,21,25)(H,22,23,26). The number of H-pyrrole nitrogens is 1. The molecule has 0 atom stereocenters. The van der Waals surface area contributed by atoms with Crippen molar-refractivity contribution in [1.29, 1.82) is 0 Å². The zero-order valence-corrected chi connectivity index (χ0v) is 17.0. The molecule has 144 valence electrons. The van der Waals surface area contributed by atoms with Crippen LogP contribution in [0.1, 0.15) is 40.0 Å². The second kappa shape index (κ2) is 7.89. The average Bonchev–Trinajstić information content (AvgIpc) is 3.22. The zero-order valence-electron chi connectivity index (χ0n) is 15.3. The monoisotopic (exact) mass is 413 g/mol. The van der Waals surface area contributed by atoms with E-state index in [1.165, 1.54) is 29.1 Å². The van der Waals surface area contributed by atoms with Gasteiger partial charge in [0.25, 0.3) is 5.56 Å². The highest BCUT2D eigenvalue weighted by Crippen LogP contribution is 2.34. The van der Waals surface area contributed by atoms with Crippen LogP contribution in [-0.2, 0) is 23.4 Å². The van der Waals surface area contributed by atoms with Gasteiger partial charge in [0.05, 0.1) is 16.9 Å². The fourth-order valence-electron chi connectivity index (χ4n) is 3.34. The maximum absolute atomic E-state index is 12.4. The van der Waals surface area contributed by atoms with Gasteiger partial charge in [-0.2, -0.15) is 0 Å². The predicted molar refractivity (Wildman–Crippen MR) is 114 cm³/mol. The Morgan fingerprint density at radius 3 is 2.79 bits per heavy atom. The fourth-order valence-corrected chi connectivity index (χ4v) is 5.31. The second-order valence-corrected chi connectivity index (χ2v) is 8.79. The molecule has 2 N–H and O–H groups in total. The zero-order chi connectivity index (χ0) is 19.7. The van der Waals surface area contributed by atoms with Gasteiger partial charge in [0.2, 0.25) is 5.91 Å². The molecule has 6 nitrogen and oxygen atoms in total. The van der Waals surface area contributed by atoms with Crippen molar-refractivity contribution in [2.45, 2.75) is 31.9 Å². The molecule has 1 aliphatic carbocycles. The molecule has 0 fully saturated rings. The van der Waals surface area contributed by atoms with E-state index in [1.54, 1.807) is 35.6 Å². The summed E-state index contributed by atoms with van der Waals surface area (Å²) in [5.74, 6) is 1.16. The Labute approximate surface area is 169 Å². The number of aromatic nitrogens is 2. The van der Waals surface area contributed by atoms with Crippen LogP contribution in [-0.4, -0.2) is 27.4 Å². The molecule has 0 unspecified atom stereocenters. The topological polar surface area (TPSA) is 91.9 Å². The third-order valence-electron chi connectivity index (χ3n) is 4.67. The third-order valence-corrected chi connectivity index (χ3v) is 6.80. The molecule has 28 heavy (non-hydrogen) atoms. The second-order valence-electron chi connectivity index (χ2n) is 6.72. The number of amides is 1. The lowest BCUT2D eigenvalue weighted by molar-refractivity contribution is -0.113. The van der Waals surface area contributed by atoms with Gasteiger partial charge in [0.15, 0.2) is 5.78 Å². The highest BCUT2D eigenvalue weighted by atomic mass is 32.2. The Hall–Kier alpha value is -2.45. The first-order chi connectivity index (χ1) is 13.5. The Morgan fingerprint density at radius 1 is 1.25 bits per heavy atom. The molecule has 3 aromatic rings. The van der Waals surface area contributed by atoms with Crippen LogP contribution in [0.4, 0.5) is 5.69 Å². The van der Waals surface area contributed by atoms with E-state index in [1.807, 2.05) is 0 Å². The molecule has 2 heterocycles. The van der Waals surface area contributed by atoms with Gasteiger partial charge < -0.3 is 10.3 Å². The molecule has 0 radical (unpaired) electrons. The number of carbonyl (C=O) groups is 2. The number of anilines is 1. The summed E-state index contributed by atoms with van der Waals surface area (Å²) in [5.41, 5.74) is 2.35.